The SMILES string of the molecule is COc1ccc(N2C(=O)N(Cc3ccc(F)cc3)c3ccccc3S2(=O)=O)cc1OC. The summed E-state index contributed by atoms with van der Waals surface area (Å²) in [5.74, 6) is 0.285. The highest BCUT2D eigenvalue weighted by Crippen LogP contribution is 2.40. The van der Waals surface area contributed by atoms with Crippen LogP contribution in [0.2, 0.25) is 0 Å². The average molecular weight is 442 g/mol. The van der Waals surface area contributed by atoms with E-state index < -0.39 is 21.9 Å². The molecule has 1 aliphatic heterocycles. The van der Waals surface area contributed by atoms with Gasteiger partial charge in [-0.3, -0.25) is 4.90 Å². The topological polar surface area (TPSA) is 76.2 Å². The van der Waals surface area contributed by atoms with E-state index in [2.05, 4.69) is 0 Å². The number of urea groups is 1. The number of para-hydroxylation sites is 1. The highest BCUT2D eigenvalue weighted by atomic mass is 32.2. The zero-order valence-electron chi connectivity index (χ0n) is 16.8. The third kappa shape index (κ3) is 3.57. The molecule has 4 rings (SSSR count). The smallest absolute Gasteiger partial charge is 0.343 e. The van der Waals surface area contributed by atoms with Crippen molar-refractivity contribution in [2.24, 2.45) is 0 Å². The molecule has 0 bridgehead atoms. The number of amides is 2. The fourth-order valence-electron chi connectivity index (χ4n) is 3.44. The van der Waals surface area contributed by atoms with Crippen LogP contribution in [0.4, 0.5) is 20.6 Å². The minimum atomic E-state index is -4.18. The minimum Gasteiger partial charge on any atom is -0.493 e. The van der Waals surface area contributed by atoms with Crippen LogP contribution in [-0.4, -0.2) is 28.7 Å². The van der Waals surface area contributed by atoms with Gasteiger partial charge in [0.15, 0.2) is 11.5 Å². The number of sulfonamides is 1. The summed E-state index contributed by atoms with van der Waals surface area (Å²) in [7, 11) is -1.30. The quantitative estimate of drug-likeness (QED) is 0.593. The third-order valence-corrected chi connectivity index (χ3v) is 6.68. The van der Waals surface area contributed by atoms with Gasteiger partial charge in [0.2, 0.25) is 0 Å². The van der Waals surface area contributed by atoms with E-state index in [0.29, 0.717) is 11.3 Å². The summed E-state index contributed by atoms with van der Waals surface area (Å²) in [6, 6.07) is 15.6. The molecule has 3 aromatic carbocycles. The standard InChI is InChI=1S/C22H19FN2O5S/c1-29-19-12-11-17(13-20(19)30-2)25-22(26)24(14-15-7-9-16(23)10-8-15)18-5-3-4-6-21(18)31(25,27)28/h3-13H,14H2,1-2H3. The molecular formula is C22H19FN2O5S. The molecule has 3 aromatic rings. The van der Waals surface area contributed by atoms with Crippen LogP contribution < -0.4 is 18.7 Å². The summed E-state index contributed by atoms with van der Waals surface area (Å²) in [5, 5.41) is 0. The number of carbonyl (C=O) groups excluding carboxylic acids is 1. The summed E-state index contributed by atoms with van der Waals surface area (Å²) >= 11 is 0. The molecule has 0 saturated heterocycles. The van der Waals surface area contributed by atoms with Gasteiger partial charge in [-0.1, -0.05) is 24.3 Å². The van der Waals surface area contributed by atoms with Crippen LogP contribution in [0.5, 0.6) is 11.5 Å². The van der Waals surface area contributed by atoms with E-state index in [1.54, 1.807) is 30.3 Å². The summed E-state index contributed by atoms with van der Waals surface area (Å²) in [6.45, 7) is 0.0649. The van der Waals surface area contributed by atoms with Crippen LogP contribution in [0.15, 0.2) is 71.6 Å². The van der Waals surface area contributed by atoms with Crippen molar-refractivity contribution in [3.05, 3.63) is 78.1 Å². The number of ether oxygens (including phenoxy) is 2. The Kier molecular flexibility index (Phi) is 5.28. The van der Waals surface area contributed by atoms with Crippen molar-refractivity contribution in [2.45, 2.75) is 11.4 Å². The van der Waals surface area contributed by atoms with Gasteiger partial charge in [-0.05, 0) is 42.0 Å². The van der Waals surface area contributed by atoms with Crippen molar-refractivity contribution in [1.29, 1.82) is 0 Å². The molecule has 31 heavy (non-hydrogen) atoms. The van der Waals surface area contributed by atoms with Gasteiger partial charge >= 0.3 is 6.03 Å². The Balaban J connectivity index is 1.85. The van der Waals surface area contributed by atoms with E-state index in [1.807, 2.05) is 0 Å². The lowest BCUT2D eigenvalue weighted by atomic mass is 10.2. The van der Waals surface area contributed by atoms with Gasteiger partial charge in [-0.25, -0.2) is 17.6 Å². The number of rotatable bonds is 5. The average Bonchev–Trinajstić information content (AvgIpc) is 2.77. The van der Waals surface area contributed by atoms with E-state index in [1.165, 1.54) is 55.5 Å². The molecule has 0 aromatic heterocycles. The second-order valence-electron chi connectivity index (χ2n) is 6.77. The van der Waals surface area contributed by atoms with E-state index in [9.17, 15) is 17.6 Å². The van der Waals surface area contributed by atoms with Gasteiger partial charge in [-0.2, -0.15) is 4.31 Å². The van der Waals surface area contributed by atoms with Crippen molar-refractivity contribution in [3.63, 3.8) is 0 Å². The molecule has 1 heterocycles. The van der Waals surface area contributed by atoms with Gasteiger partial charge in [0.1, 0.15) is 10.7 Å². The van der Waals surface area contributed by atoms with E-state index in [-0.39, 0.29) is 28.6 Å². The van der Waals surface area contributed by atoms with E-state index in [0.717, 1.165) is 4.31 Å². The number of anilines is 2. The van der Waals surface area contributed by atoms with Gasteiger partial charge in [-0.15, -0.1) is 0 Å². The number of hydrogen-bond acceptors (Lipinski definition) is 5. The number of fused-ring (bicyclic) bond motifs is 1. The molecule has 2 amide bonds. The second-order valence-corrected chi connectivity index (χ2v) is 8.53. The lowest BCUT2D eigenvalue weighted by molar-refractivity contribution is 0.253. The highest BCUT2D eigenvalue weighted by Gasteiger charge is 2.42. The Morgan fingerprint density at radius 1 is 0.903 bits per heavy atom. The lowest BCUT2D eigenvalue weighted by Gasteiger charge is -2.36. The molecule has 0 spiro atoms. The molecule has 7 nitrogen and oxygen atoms in total. The third-order valence-electron chi connectivity index (χ3n) is 4.93. The first-order valence-electron chi connectivity index (χ1n) is 9.29. The normalized spacial score (nSPS) is 14.9. The van der Waals surface area contributed by atoms with Gasteiger partial charge in [0, 0.05) is 6.07 Å². The molecule has 0 radical (unpaired) electrons. The van der Waals surface area contributed by atoms with Crippen molar-refractivity contribution >= 4 is 27.4 Å². The highest BCUT2D eigenvalue weighted by molar-refractivity contribution is 7.94. The Morgan fingerprint density at radius 3 is 2.26 bits per heavy atom. The van der Waals surface area contributed by atoms with Crippen LogP contribution in [0.25, 0.3) is 0 Å². The maximum absolute atomic E-state index is 13.5. The minimum absolute atomic E-state index is 0.00787. The molecular weight excluding hydrogens is 423 g/mol. The van der Waals surface area contributed by atoms with E-state index >= 15 is 0 Å². The molecule has 1 aliphatic rings. The number of benzene rings is 3. The van der Waals surface area contributed by atoms with Crippen LogP contribution in [-0.2, 0) is 16.6 Å². The zero-order chi connectivity index (χ0) is 22.2. The van der Waals surface area contributed by atoms with Gasteiger partial charge in [0.25, 0.3) is 10.0 Å². The molecule has 0 N–H and O–H groups in total. The fraction of sp³-hybridized carbons (Fsp3) is 0.136. The Hall–Kier alpha value is -3.59. The van der Waals surface area contributed by atoms with E-state index in [4.69, 9.17) is 9.47 Å². The molecule has 0 atom stereocenters. The van der Waals surface area contributed by atoms with Crippen molar-refractivity contribution in [2.75, 3.05) is 23.4 Å². The number of methoxy groups -OCH3 is 2. The van der Waals surface area contributed by atoms with Crippen LogP contribution in [0.3, 0.4) is 0 Å². The van der Waals surface area contributed by atoms with Crippen LogP contribution in [0, 0.1) is 5.82 Å². The summed E-state index contributed by atoms with van der Waals surface area (Å²) in [4.78, 5) is 14.8. The second kappa shape index (κ2) is 7.92. The maximum Gasteiger partial charge on any atom is 0.343 e. The summed E-state index contributed by atoms with van der Waals surface area (Å²) in [6.07, 6.45) is 0. The number of nitrogens with zero attached hydrogens (tertiary/aromatic N) is 2. The number of carbonyl (C=O) groups is 1. The predicted molar refractivity (Wildman–Crippen MR) is 114 cm³/mol. The summed E-state index contributed by atoms with van der Waals surface area (Å²) in [5.41, 5.74) is 1.02. The Labute approximate surface area is 179 Å². The lowest BCUT2D eigenvalue weighted by Crippen LogP contribution is -2.50. The van der Waals surface area contributed by atoms with Crippen molar-refractivity contribution in [3.8, 4) is 11.5 Å². The monoisotopic (exact) mass is 442 g/mol. The first-order valence-corrected chi connectivity index (χ1v) is 10.7. The maximum atomic E-state index is 13.5. The van der Waals surface area contributed by atoms with Crippen LogP contribution in [0.1, 0.15) is 5.56 Å². The first kappa shape index (κ1) is 20.7. The fourth-order valence-corrected chi connectivity index (χ4v) is 5.02. The Bertz CT molecular complexity index is 1250. The summed E-state index contributed by atoms with van der Waals surface area (Å²) < 4.78 is 51.3. The van der Waals surface area contributed by atoms with Gasteiger partial charge < -0.3 is 9.47 Å². The Morgan fingerprint density at radius 2 is 1.58 bits per heavy atom. The molecule has 0 unspecified atom stereocenters. The largest absolute Gasteiger partial charge is 0.493 e. The number of halogens is 1. The molecule has 160 valence electrons. The molecule has 9 heteroatoms. The van der Waals surface area contributed by atoms with Gasteiger partial charge in [0.05, 0.1) is 32.1 Å². The first-order chi connectivity index (χ1) is 14.9. The van der Waals surface area contributed by atoms with Crippen LogP contribution >= 0.6 is 0 Å². The number of hydrogen-bond donors (Lipinski definition) is 0. The zero-order valence-corrected chi connectivity index (χ0v) is 17.6. The molecule has 0 fully saturated rings. The molecule has 0 aliphatic carbocycles. The predicted octanol–water partition coefficient (Wildman–Crippen LogP) is 4.18. The molecule has 0 saturated carbocycles. The van der Waals surface area contributed by atoms with Crippen molar-refractivity contribution in [1.82, 2.24) is 0 Å². The van der Waals surface area contributed by atoms with Crippen molar-refractivity contribution < 1.29 is 27.1 Å².